The van der Waals surface area contributed by atoms with E-state index in [2.05, 4.69) is 22.2 Å². The lowest BCUT2D eigenvalue weighted by atomic mass is 10.1. The molecular weight excluding hydrogens is 338 g/mol. The van der Waals surface area contributed by atoms with Crippen LogP contribution < -0.4 is 14.8 Å². The number of fused-ring (bicyclic) bond motifs is 1. The highest BCUT2D eigenvalue weighted by atomic mass is 35.5. The van der Waals surface area contributed by atoms with Gasteiger partial charge in [0.15, 0.2) is 11.5 Å². The molecule has 0 saturated carbocycles. The van der Waals surface area contributed by atoms with Crippen LogP contribution in [0.4, 0.5) is 5.82 Å². The Morgan fingerprint density at radius 1 is 1.04 bits per heavy atom. The summed E-state index contributed by atoms with van der Waals surface area (Å²) in [5.74, 6) is 2.71. The Morgan fingerprint density at radius 2 is 1.76 bits per heavy atom. The second-order valence-corrected chi connectivity index (χ2v) is 6.20. The quantitative estimate of drug-likeness (QED) is 0.712. The molecule has 1 atom stereocenters. The minimum Gasteiger partial charge on any atom is -0.493 e. The maximum absolute atomic E-state index is 6.10. The summed E-state index contributed by atoms with van der Waals surface area (Å²) in [7, 11) is 3.22. The molecule has 130 valence electrons. The molecule has 0 aliphatic heterocycles. The summed E-state index contributed by atoms with van der Waals surface area (Å²) in [6.45, 7) is 3.93. The van der Waals surface area contributed by atoms with Gasteiger partial charge in [0.25, 0.3) is 0 Å². The van der Waals surface area contributed by atoms with Crippen LogP contribution in [0.3, 0.4) is 0 Å². The number of rotatable bonds is 5. The normalized spacial score (nSPS) is 12.0. The monoisotopic (exact) mass is 357 g/mol. The lowest BCUT2D eigenvalue weighted by Crippen LogP contribution is -2.09. The van der Waals surface area contributed by atoms with Gasteiger partial charge in [-0.3, -0.25) is 0 Å². The van der Waals surface area contributed by atoms with E-state index in [0.717, 1.165) is 22.3 Å². The van der Waals surface area contributed by atoms with E-state index in [1.807, 2.05) is 43.3 Å². The van der Waals surface area contributed by atoms with Gasteiger partial charge < -0.3 is 14.8 Å². The van der Waals surface area contributed by atoms with E-state index in [0.29, 0.717) is 22.3 Å². The van der Waals surface area contributed by atoms with Crippen LogP contribution in [0, 0.1) is 6.92 Å². The van der Waals surface area contributed by atoms with Crippen molar-refractivity contribution in [3.63, 3.8) is 0 Å². The summed E-state index contributed by atoms with van der Waals surface area (Å²) in [5.41, 5.74) is 1.88. The standard InChI is InChI=1S/C19H20ClN3O2/c1-11(13-6-5-7-14(20)8-13)21-19-15-9-17(24-3)18(25-4)10-16(15)22-12(2)23-19/h5-11H,1-4H3,(H,21,22,23)/t11-/m1/s1. The number of nitrogens with one attached hydrogen (secondary N) is 1. The molecule has 0 aliphatic carbocycles. The van der Waals surface area contributed by atoms with E-state index in [-0.39, 0.29) is 6.04 Å². The van der Waals surface area contributed by atoms with Crippen LogP contribution in [0.2, 0.25) is 5.02 Å². The summed E-state index contributed by atoms with van der Waals surface area (Å²) >= 11 is 6.10. The van der Waals surface area contributed by atoms with E-state index >= 15 is 0 Å². The Hall–Kier alpha value is -2.53. The van der Waals surface area contributed by atoms with Gasteiger partial charge in [-0.15, -0.1) is 0 Å². The van der Waals surface area contributed by atoms with Crippen LogP contribution in [-0.4, -0.2) is 24.2 Å². The molecule has 1 N–H and O–H groups in total. The van der Waals surface area contributed by atoms with Crippen LogP contribution in [0.25, 0.3) is 10.9 Å². The molecule has 0 bridgehead atoms. The zero-order chi connectivity index (χ0) is 18.0. The average molecular weight is 358 g/mol. The topological polar surface area (TPSA) is 56.3 Å². The smallest absolute Gasteiger partial charge is 0.162 e. The van der Waals surface area contributed by atoms with E-state index < -0.39 is 0 Å². The zero-order valence-corrected chi connectivity index (χ0v) is 15.4. The summed E-state index contributed by atoms with van der Waals surface area (Å²) in [6.07, 6.45) is 0. The number of benzene rings is 2. The fourth-order valence-electron chi connectivity index (χ4n) is 2.75. The first-order valence-electron chi connectivity index (χ1n) is 7.94. The third-order valence-corrected chi connectivity index (χ3v) is 4.25. The van der Waals surface area contributed by atoms with Crippen LogP contribution in [0.5, 0.6) is 11.5 Å². The minimum atomic E-state index is 0.0318. The first-order chi connectivity index (χ1) is 12.0. The SMILES string of the molecule is COc1cc2nc(C)nc(N[C@H](C)c3cccc(Cl)c3)c2cc1OC. The molecule has 3 rings (SSSR count). The molecule has 3 aromatic rings. The third-order valence-electron chi connectivity index (χ3n) is 4.01. The van der Waals surface area contributed by atoms with E-state index in [4.69, 9.17) is 21.1 Å². The molecular formula is C19H20ClN3O2. The lowest BCUT2D eigenvalue weighted by Gasteiger charge is -2.18. The fraction of sp³-hybridized carbons (Fsp3) is 0.263. The van der Waals surface area contributed by atoms with Crippen molar-refractivity contribution in [3.05, 3.63) is 52.8 Å². The van der Waals surface area contributed by atoms with Gasteiger partial charge in [0.2, 0.25) is 0 Å². The molecule has 2 aromatic carbocycles. The van der Waals surface area contributed by atoms with E-state index in [1.54, 1.807) is 14.2 Å². The number of anilines is 1. The molecule has 6 heteroatoms. The summed E-state index contributed by atoms with van der Waals surface area (Å²) < 4.78 is 10.8. The molecule has 0 saturated heterocycles. The highest BCUT2D eigenvalue weighted by Crippen LogP contribution is 2.35. The number of ether oxygens (including phenoxy) is 2. The Bertz CT molecular complexity index is 915. The molecule has 1 aromatic heterocycles. The molecule has 0 fully saturated rings. The van der Waals surface area contributed by atoms with Crippen LogP contribution >= 0.6 is 11.6 Å². The molecule has 0 unspecified atom stereocenters. The molecule has 0 spiro atoms. The molecule has 0 amide bonds. The predicted octanol–water partition coefficient (Wildman–Crippen LogP) is 4.78. The molecule has 0 aliphatic rings. The van der Waals surface area contributed by atoms with Crippen molar-refractivity contribution < 1.29 is 9.47 Å². The van der Waals surface area contributed by atoms with Crippen molar-refractivity contribution >= 4 is 28.3 Å². The first kappa shape index (κ1) is 17.3. The van der Waals surface area contributed by atoms with Gasteiger partial charge in [-0.25, -0.2) is 9.97 Å². The van der Waals surface area contributed by atoms with Crippen molar-refractivity contribution in [1.82, 2.24) is 9.97 Å². The van der Waals surface area contributed by atoms with E-state index in [1.165, 1.54) is 0 Å². The van der Waals surface area contributed by atoms with Gasteiger partial charge in [0.05, 0.1) is 25.8 Å². The molecule has 1 heterocycles. The van der Waals surface area contributed by atoms with Crippen molar-refractivity contribution in [3.8, 4) is 11.5 Å². The Kier molecular flexibility index (Phi) is 4.95. The lowest BCUT2D eigenvalue weighted by molar-refractivity contribution is 0.356. The van der Waals surface area contributed by atoms with Crippen molar-refractivity contribution in [2.75, 3.05) is 19.5 Å². The maximum atomic E-state index is 6.10. The van der Waals surface area contributed by atoms with E-state index in [9.17, 15) is 0 Å². The van der Waals surface area contributed by atoms with Crippen LogP contribution in [0.1, 0.15) is 24.4 Å². The summed E-state index contributed by atoms with van der Waals surface area (Å²) in [4.78, 5) is 9.08. The predicted molar refractivity (Wildman–Crippen MR) is 101 cm³/mol. The van der Waals surface area contributed by atoms with Crippen LogP contribution in [0.15, 0.2) is 36.4 Å². The van der Waals surface area contributed by atoms with Gasteiger partial charge in [0, 0.05) is 16.5 Å². The number of aryl methyl sites for hydroxylation is 1. The number of hydrogen-bond acceptors (Lipinski definition) is 5. The molecule has 0 radical (unpaired) electrons. The third kappa shape index (κ3) is 3.61. The van der Waals surface area contributed by atoms with Gasteiger partial charge >= 0.3 is 0 Å². The fourth-order valence-corrected chi connectivity index (χ4v) is 2.94. The Labute approximate surface area is 152 Å². The average Bonchev–Trinajstić information content (AvgIpc) is 2.60. The second kappa shape index (κ2) is 7.15. The van der Waals surface area contributed by atoms with Gasteiger partial charge in [-0.1, -0.05) is 23.7 Å². The minimum absolute atomic E-state index is 0.0318. The number of methoxy groups -OCH3 is 2. The largest absolute Gasteiger partial charge is 0.493 e. The number of hydrogen-bond donors (Lipinski definition) is 1. The van der Waals surface area contributed by atoms with Gasteiger partial charge in [0.1, 0.15) is 11.6 Å². The highest BCUT2D eigenvalue weighted by molar-refractivity contribution is 6.30. The van der Waals surface area contributed by atoms with Crippen LogP contribution in [-0.2, 0) is 0 Å². The molecule has 25 heavy (non-hydrogen) atoms. The van der Waals surface area contributed by atoms with Crippen molar-refractivity contribution in [1.29, 1.82) is 0 Å². The highest BCUT2D eigenvalue weighted by Gasteiger charge is 2.14. The summed E-state index contributed by atoms with van der Waals surface area (Å²) in [6, 6.07) is 11.6. The number of aromatic nitrogens is 2. The Morgan fingerprint density at radius 3 is 2.44 bits per heavy atom. The maximum Gasteiger partial charge on any atom is 0.162 e. The zero-order valence-electron chi connectivity index (χ0n) is 14.6. The van der Waals surface area contributed by atoms with Gasteiger partial charge in [-0.05, 0) is 37.6 Å². The first-order valence-corrected chi connectivity index (χ1v) is 8.32. The number of nitrogens with zero attached hydrogens (tertiary/aromatic N) is 2. The van der Waals surface area contributed by atoms with Gasteiger partial charge in [-0.2, -0.15) is 0 Å². The van der Waals surface area contributed by atoms with Crippen molar-refractivity contribution in [2.24, 2.45) is 0 Å². The van der Waals surface area contributed by atoms with Crippen molar-refractivity contribution in [2.45, 2.75) is 19.9 Å². The Balaban J connectivity index is 2.05. The number of halogens is 1. The second-order valence-electron chi connectivity index (χ2n) is 5.76. The molecule has 5 nitrogen and oxygen atoms in total. The summed E-state index contributed by atoms with van der Waals surface area (Å²) in [5, 5.41) is 5.03.